The Morgan fingerprint density at radius 1 is 1.00 bits per heavy atom. The van der Waals surface area contributed by atoms with Gasteiger partial charge < -0.3 is 9.47 Å². The lowest BCUT2D eigenvalue weighted by atomic mass is 10.0. The molecule has 2 heterocycles. The van der Waals surface area contributed by atoms with Crippen LogP contribution in [0.15, 0.2) is 76.7 Å². The smallest absolute Gasteiger partial charge is 0.262 e. The fourth-order valence-electron chi connectivity index (χ4n) is 4.47. The van der Waals surface area contributed by atoms with Crippen LogP contribution in [-0.2, 0) is 17.5 Å². The van der Waals surface area contributed by atoms with Gasteiger partial charge in [-0.1, -0.05) is 48.2 Å². The third-order valence-electron chi connectivity index (χ3n) is 6.75. The normalized spacial score (nSPS) is 14.1. The monoisotopic (exact) mass is 529 g/mol. The second kappa shape index (κ2) is 11.9. The first kappa shape index (κ1) is 26.2. The topological polar surface area (TPSA) is 73.7 Å². The minimum Gasteiger partial charge on any atom is -0.492 e. The van der Waals surface area contributed by atoms with E-state index in [9.17, 15) is 9.59 Å². The van der Waals surface area contributed by atoms with Gasteiger partial charge in [-0.2, -0.15) is 0 Å². The molecule has 0 bridgehead atoms. The number of benzene rings is 3. The fourth-order valence-corrected chi connectivity index (χ4v) is 5.40. The molecule has 7 nitrogen and oxygen atoms in total. The van der Waals surface area contributed by atoms with Crippen molar-refractivity contribution in [3.63, 3.8) is 0 Å². The van der Waals surface area contributed by atoms with Crippen LogP contribution in [0.1, 0.15) is 27.0 Å². The van der Waals surface area contributed by atoms with E-state index >= 15 is 0 Å². The van der Waals surface area contributed by atoms with Crippen LogP contribution in [0, 0.1) is 6.92 Å². The number of hydrogen-bond acceptors (Lipinski definition) is 7. The highest BCUT2D eigenvalue weighted by Gasteiger charge is 2.13. The molecule has 1 aliphatic heterocycles. The quantitative estimate of drug-likeness (QED) is 0.180. The number of carbonyl (C=O) groups is 1. The summed E-state index contributed by atoms with van der Waals surface area (Å²) < 4.78 is 12.8. The Balaban J connectivity index is 1.17. The number of rotatable bonds is 9. The number of ether oxygens (including phenoxy) is 2. The van der Waals surface area contributed by atoms with Crippen LogP contribution in [0.5, 0.6) is 5.75 Å². The summed E-state index contributed by atoms with van der Waals surface area (Å²) >= 11 is 1.51. The summed E-state index contributed by atoms with van der Waals surface area (Å²) in [7, 11) is 1.76. The number of hydrogen-bond donors (Lipinski definition) is 0. The zero-order chi connectivity index (χ0) is 26.5. The molecule has 1 aromatic heterocycles. The second-order valence-corrected chi connectivity index (χ2v) is 10.3. The van der Waals surface area contributed by atoms with Gasteiger partial charge in [0.15, 0.2) is 10.9 Å². The molecular weight excluding hydrogens is 498 g/mol. The summed E-state index contributed by atoms with van der Waals surface area (Å²) in [5.41, 5.74) is 3.91. The van der Waals surface area contributed by atoms with Gasteiger partial charge in [0.25, 0.3) is 5.56 Å². The molecule has 1 saturated heterocycles. The van der Waals surface area contributed by atoms with E-state index in [0.717, 1.165) is 49.7 Å². The van der Waals surface area contributed by atoms with Crippen LogP contribution in [0.4, 0.5) is 0 Å². The van der Waals surface area contributed by atoms with Crippen LogP contribution < -0.4 is 10.3 Å². The number of thioether (sulfide) groups is 1. The lowest BCUT2D eigenvalue weighted by molar-refractivity contribution is 0.0322. The van der Waals surface area contributed by atoms with Gasteiger partial charge in [0.1, 0.15) is 12.4 Å². The molecule has 1 aliphatic rings. The maximum absolute atomic E-state index is 13.0. The highest BCUT2D eigenvalue weighted by molar-refractivity contribution is 7.98. The summed E-state index contributed by atoms with van der Waals surface area (Å²) in [6.45, 7) is 6.83. The van der Waals surface area contributed by atoms with Crippen molar-refractivity contribution in [1.82, 2.24) is 14.5 Å². The second-order valence-electron chi connectivity index (χ2n) is 9.37. The molecule has 5 rings (SSSR count). The number of fused-ring (bicyclic) bond motifs is 1. The fraction of sp³-hybridized carbons (Fsp3) is 0.300. The molecule has 8 heteroatoms. The molecule has 0 saturated carbocycles. The largest absolute Gasteiger partial charge is 0.492 e. The van der Waals surface area contributed by atoms with E-state index in [1.54, 1.807) is 11.6 Å². The number of aromatic nitrogens is 2. The lowest BCUT2D eigenvalue weighted by Gasteiger charge is -2.26. The average Bonchev–Trinajstić information content (AvgIpc) is 2.95. The first-order valence-electron chi connectivity index (χ1n) is 12.8. The van der Waals surface area contributed by atoms with Gasteiger partial charge in [-0.15, -0.1) is 0 Å². The summed E-state index contributed by atoms with van der Waals surface area (Å²) in [6, 6.07) is 20.6. The number of carbonyl (C=O) groups excluding carboxylic acids is 1. The predicted molar refractivity (Wildman–Crippen MR) is 150 cm³/mol. The zero-order valence-corrected chi connectivity index (χ0v) is 22.5. The van der Waals surface area contributed by atoms with Gasteiger partial charge in [0.2, 0.25) is 0 Å². The Hall–Kier alpha value is -3.46. The Bertz CT molecular complexity index is 1480. The van der Waals surface area contributed by atoms with Crippen LogP contribution in [0.25, 0.3) is 10.9 Å². The molecule has 3 aromatic carbocycles. The van der Waals surface area contributed by atoms with Crippen LogP contribution in [0.3, 0.4) is 0 Å². The maximum Gasteiger partial charge on any atom is 0.262 e. The molecule has 196 valence electrons. The third kappa shape index (κ3) is 5.99. The van der Waals surface area contributed by atoms with E-state index in [0.29, 0.717) is 39.5 Å². The number of aryl methyl sites for hydroxylation is 1. The highest BCUT2D eigenvalue weighted by Crippen LogP contribution is 2.23. The molecule has 0 N–H and O–H groups in total. The molecule has 0 atom stereocenters. The van der Waals surface area contributed by atoms with Gasteiger partial charge in [-0.25, -0.2) is 4.98 Å². The van der Waals surface area contributed by atoms with Crippen molar-refractivity contribution in [2.24, 2.45) is 7.05 Å². The molecule has 0 spiro atoms. The van der Waals surface area contributed by atoms with Crippen LogP contribution >= 0.6 is 11.8 Å². The standard InChI is InChI=1S/C30H31N3O4S/c1-21-4-3-5-26-27(21)29(35)32(2)30(31-26)38-20-22-6-8-23(9-7-22)28(34)24-10-12-25(13-11-24)37-19-16-33-14-17-36-18-15-33/h3-13H,14-20H2,1-2H3. The van der Waals surface area contributed by atoms with Crippen molar-refractivity contribution in [3.05, 3.63) is 99.3 Å². The average molecular weight is 530 g/mol. The molecule has 38 heavy (non-hydrogen) atoms. The van der Waals surface area contributed by atoms with Gasteiger partial charge in [0.05, 0.1) is 24.1 Å². The maximum atomic E-state index is 13.0. The van der Waals surface area contributed by atoms with Gasteiger partial charge >= 0.3 is 0 Å². The van der Waals surface area contributed by atoms with E-state index in [1.165, 1.54) is 11.8 Å². The summed E-state index contributed by atoms with van der Waals surface area (Å²) in [5, 5.41) is 1.33. The lowest BCUT2D eigenvalue weighted by Crippen LogP contribution is -2.38. The minimum atomic E-state index is -0.0370. The SMILES string of the molecule is Cc1cccc2nc(SCc3ccc(C(=O)c4ccc(OCCN5CCOCC5)cc4)cc3)n(C)c(=O)c12. The van der Waals surface area contributed by atoms with E-state index in [2.05, 4.69) is 4.90 Å². The molecule has 0 unspecified atom stereocenters. The van der Waals surface area contributed by atoms with Crippen molar-refractivity contribution in [2.45, 2.75) is 17.8 Å². The molecule has 0 radical (unpaired) electrons. The third-order valence-corrected chi connectivity index (χ3v) is 7.85. The van der Waals surface area contributed by atoms with E-state index in [-0.39, 0.29) is 11.3 Å². The van der Waals surface area contributed by atoms with Gasteiger partial charge in [0, 0.05) is 43.6 Å². The zero-order valence-electron chi connectivity index (χ0n) is 21.7. The molecule has 0 amide bonds. The van der Waals surface area contributed by atoms with Crippen LogP contribution in [0.2, 0.25) is 0 Å². The van der Waals surface area contributed by atoms with Crippen molar-refractivity contribution >= 4 is 28.4 Å². The number of morpholine rings is 1. The van der Waals surface area contributed by atoms with Crippen molar-refractivity contribution in [1.29, 1.82) is 0 Å². The van der Waals surface area contributed by atoms with E-state index < -0.39 is 0 Å². The Morgan fingerprint density at radius 2 is 1.68 bits per heavy atom. The Morgan fingerprint density at radius 3 is 2.39 bits per heavy atom. The molecular formula is C30H31N3O4S. The van der Waals surface area contributed by atoms with Crippen molar-refractivity contribution in [2.75, 3.05) is 39.5 Å². The Kier molecular flexibility index (Phi) is 8.22. The highest BCUT2D eigenvalue weighted by atomic mass is 32.2. The number of ketones is 1. The van der Waals surface area contributed by atoms with Crippen LogP contribution in [-0.4, -0.2) is 59.7 Å². The van der Waals surface area contributed by atoms with Crippen molar-refractivity contribution < 1.29 is 14.3 Å². The molecule has 0 aliphatic carbocycles. The first-order valence-corrected chi connectivity index (χ1v) is 13.7. The number of nitrogens with zero attached hydrogens (tertiary/aromatic N) is 3. The van der Waals surface area contributed by atoms with E-state index in [1.807, 2.05) is 73.7 Å². The Labute approximate surface area is 226 Å². The molecule has 4 aromatic rings. The summed E-state index contributed by atoms with van der Waals surface area (Å²) in [5.74, 6) is 1.37. The van der Waals surface area contributed by atoms with Gasteiger partial charge in [-0.05, 0) is 48.4 Å². The van der Waals surface area contributed by atoms with Crippen molar-refractivity contribution in [3.8, 4) is 5.75 Å². The predicted octanol–water partition coefficient (Wildman–Crippen LogP) is 4.48. The minimum absolute atomic E-state index is 0.0296. The molecule has 1 fully saturated rings. The summed E-state index contributed by atoms with van der Waals surface area (Å²) in [6.07, 6.45) is 0. The van der Waals surface area contributed by atoms with Gasteiger partial charge in [-0.3, -0.25) is 19.1 Å². The summed E-state index contributed by atoms with van der Waals surface area (Å²) in [4.78, 5) is 32.8. The first-order chi connectivity index (χ1) is 18.5. The van der Waals surface area contributed by atoms with E-state index in [4.69, 9.17) is 14.5 Å².